The minimum absolute atomic E-state index is 0.0107. The highest BCUT2D eigenvalue weighted by Gasteiger charge is 2.26. The Bertz CT molecular complexity index is 167. The highest BCUT2D eigenvalue weighted by Crippen LogP contribution is 2.23. The average molecular weight is 201 g/mol. The van der Waals surface area contributed by atoms with Gasteiger partial charge < -0.3 is 10.4 Å². The van der Waals surface area contributed by atoms with Gasteiger partial charge in [0.1, 0.15) is 0 Å². The molecule has 0 aliphatic rings. The standard InChI is InChI=1S/C11H23NO2/c1-4-5-6-7-11(2,3)10(14)12-8-9-13/h13H,4-9H2,1-3H3,(H,12,14). The Morgan fingerprint density at radius 2 is 2.00 bits per heavy atom. The van der Waals surface area contributed by atoms with Crippen molar-refractivity contribution in [2.45, 2.75) is 46.5 Å². The molecule has 0 spiro atoms. The van der Waals surface area contributed by atoms with Crippen molar-refractivity contribution in [1.82, 2.24) is 5.32 Å². The largest absolute Gasteiger partial charge is 0.395 e. The maximum absolute atomic E-state index is 11.6. The molecule has 0 saturated heterocycles. The maximum atomic E-state index is 11.6. The second kappa shape index (κ2) is 6.82. The van der Waals surface area contributed by atoms with Crippen molar-refractivity contribution in [3.63, 3.8) is 0 Å². The van der Waals surface area contributed by atoms with Crippen LogP contribution in [0.3, 0.4) is 0 Å². The monoisotopic (exact) mass is 201 g/mol. The summed E-state index contributed by atoms with van der Waals surface area (Å²) in [6.07, 6.45) is 4.36. The Balaban J connectivity index is 3.83. The zero-order valence-electron chi connectivity index (χ0n) is 9.60. The van der Waals surface area contributed by atoms with Crippen LogP contribution in [0.25, 0.3) is 0 Å². The molecule has 84 valence electrons. The van der Waals surface area contributed by atoms with E-state index in [1.807, 2.05) is 13.8 Å². The van der Waals surface area contributed by atoms with Gasteiger partial charge in [-0.15, -0.1) is 0 Å². The third kappa shape index (κ3) is 5.22. The molecule has 0 fully saturated rings. The fourth-order valence-corrected chi connectivity index (χ4v) is 1.34. The van der Waals surface area contributed by atoms with Gasteiger partial charge in [0, 0.05) is 12.0 Å². The van der Waals surface area contributed by atoms with Crippen molar-refractivity contribution in [2.24, 2.45) is 5.41 Å². The summed E-state index contributed by atoms with van der Waals surface area (Å²) in [6.45, 7) is 6.43. The van der Waals surface area contributed by atoms with Gasteiger partial charge >= 0.3 is 0 Å². The molecule has 0 aliphatic heterocycles. The lowest BCUT2D eigenvalue weighted by Crippen LogP contribution is -2.38. The molecule has 0 rings (SSSR count). The second-order valence-electron chi connectivity index (χ2n) is 4.32. The van der Waals surface area contributed by atoms with E-state index < -0.39 is 0 Å². The third-order valence-corrected chi connectivity index (χ3v) is 2.42. The molecule has 0 aliphatic carbocycles. The molecular formula is C11H23NO2. The molecule has 0 aromatic carbocycles. The predicted octanol–water partition coefficient (Wildman–Crippen LogP) is 1.70. The molecule has 0 radical (unpaired) electrons. The number of carbonyl (C=O) groups excluding carboxylic acids is 1. The summed E-state index contributed by atoms with van der Waals surface area (Å²) >= 11 is 0. The molecule has 3 nitrogen and oxygen atoms in total. The molecule has 3 heteroatoms. The van der Waals surface area contributed by atoms with Crippen molar-refractivity contribution >= 4 is 5.91 Å². The number of carbonyl (C=O) groups is 1. The fraction of sp³-hybridized carbons (Fsp3) is 0.909. The highest BCUT2D eigenvalue weighted by atomic mass is 16.3. The lowest BCUT2D eigenvalue weighted by Gasteiger charge is -2.23. The molecule has 0 heterocycles. The first-order chi connectivity index (χ1) is 6.54. The number of hydrogen-bond donors (Lipinski definition) is 2. The topological polar surface area (TPSA) is 49.3 Å². The lowest BCUT2D eigenvalue weighted by molar-refractivity contribution is -0.129. The first kappa shape index (κ1) is 13.4. The van der Waals surface area contributed by atoms with E-state index >= 15 is 0 Å². The Morgan fingerprint density at radius 3 is 2.50 bits per heavy atom. The molecule has 0 bridgehead atoms. The van der Waals surface area contributed by atoms with Crippen molar-refractivity contribution in [3.05, 3.63) is 0 Å². The van der Waals surface area contributed by atoms with Gasteiger partial charge in [0.2, 0.25) is 5.91 Å². The van der Waals surface area contributed by atoms with Gasteiger partial charge in [-0.1, -0.05) is 40.0 Å². The minimum atomic E-state index is -0.301. The summed E-state index contributed by atoms with van der Waals surface area (Å²) < 4.78 is 0. The van der Waals surface area contributed by atoms with E-state index in [-0.39, 0.29) is 17.9 Å². The number of unbranched alkanes of at least 4 members (excludes halogenated alkanes) is 2. The number of nitrogens with one attached hydrogen (secondary N) is 1. The quantitative estimate of drug-likeness (QED) is 0.616. The lowest BCUT2D eigenvalue weighted by atomic mass is 9.86. The molecule has 0 aromatic heterocycles. The predicted molar refractivity (Wildman–Crippen MR) is 58.0 cm³/mol. The summed E-state index contributed by atoms with van der Waals surface area (Å²) in [5.41, 5.74) is -0.301. The van der Waals surface area contributed by atoms with Crippen molar-refractivity contribution < 1.29 is 9.90 Å². The summed E-state index contributed by atoms with van der Waals surface area (Å²) in [5, 5.41) is 11.3. The van der Waals surface area contributed by atoms with Crippen LogP contribution < -0.4 is 5.32 Å². The van der Waals surface area contributed by atoms with Gasteiger partial charge in [-0.3, -0.25) is 4.79 Å². The zero-order chi connectivity index (χ0) is 11.0. The van der Waals surface area contributed by atoms with Crippen LogP contribution >= 0.6 is 0 Å². The number of aliphatic hydroxyl groups is 1. The van der Waals surface area contributed by atoms with Crippen molar-refractivity contribution in [1.29, 1.82) is 0 Å². The van der Waals surface area contributed by atoms with E-state index in [1.165, 1.54) is 12.8 Å². The van der Waals surface area contributed by atoms with Gasteiger partial charge in [-0.25, -0.2) is 0 Å². The summed E-state index contributed by atoms with van der Waals surface area (Å²) in [5.74, 6) is 0.0441. The molecule has 0 atom stereocenters. The first-order valence-electron chi connectivity index (χ1n) is 5.43. The van der Waals surface area contributed by atoms with Crippen LogP contribution in [0.1, 0.15) is 46.5 Å². The number of rotatable bonds is 7. The Morgan fingerprint density at radius 1 is 1.36 bits per heavy atom. The minimum Gasteiger partial charge on any atom is -0.395 e. The first-order valence-corrected chi connectivity index (χ1v) is 5.43. The number of aliphatic hydroxyl groups excluding tert-OH is 1. The molecule has 0 aromatic rings. The van der Waals surface area contributed by atoms with Crippen LogP contribution in [0, 0.1) is 5.41 Å². The molecule has 14 heavy (non-hydrogen) atoms. The molecule has 1 amide bonds. The van der Waals surface area contributed by atoms with Gasteiger partial charge in [-0.2, -0.15) is 0 Å². The van der Waals surface area contributed by atoms with Crippen LogP contribution in [-0.4, -0.2) is 24.2 Å². The van der Waals surface area contributed by atoms with Gasteiger partial charge in [-0.05, 0) is 6.42 Å². The van der Waals surface area contributed by atoms with Crippen LogP contribution in [-0.2, 0) is 4.79 Å². The number of hydrogen-bond acceptors (Lipinski definition) is 2. The summed E-state index contributed by atoms with van der Waals surface area (Å²) in [6, 6.07) is 0. The van der Waals surface area contributed by atoms with E-state index in [0.717, 1.165) is 12.8 Å². The SMILES string of the molecule is CCCCCC(C)(C)C(=O)NCCO. The van der Waals surface area contributed by atoms with Crippen LogP contribution in [0.4, 0.5) is 0 Å². The Kier molecular flexibility index (Phi) is 6.54. The van der Waals surface area contributed by atoms with Gasteiger partial charge in [0.05, 0.1) is 6.61 Å². The Labute approximate surface area is 86.9 Å². The summed E-state index contributed by atoms with van der Waals surface area (Å²) in [4.78, 5) is 11.6. The third-order valence-electron chi connectivity index (χ3n) is 2.42. The molecule has 0 saturated carbocycles. The highest BCUT2D eigenvalue weighted by molar-refractivity contribution is 5.81. The smallest absolute Gasteiger partial charge is 0.225 e. The van der Waals surface area contributed by atoms with E-state index in [0.29, 0.717) is 6.54 Å². The average Bonchev–Trinajstić information content (AvgIpc) is 2.14. The van der Waals surface area contributed by atoms with Crippen LogP contribution in [0.15, 0.2) is 0 Å². The van der Waals surface area contributed by atoms with Crippen LogP contribution in [0.2, 0.25) is 0 Å². The second-order valence-corrected chi connectivity index (χ2v) is 4.32. The summed E-state index contributed by atoms with van der Waals surface area (Å²) in [7, 11) is 0. The van der Waals surface area contributed by atoms with Gasteiger partial charge in [0.15, 0.2) is 0 Å². The molecule has 2 N–H and O–H groups in total. The fourth-order valence-electron chi connectivity index (χ4n) is 1.34. The van der Waals surface area contributed by atoms with Crippen molar-refractivity contribution in [2.75, 3.05) is 13.2 Å². The number of amides is 1. The van der Waals surface area contributed by atoms with E-state index in [4.69, 9.17) is 5.11 Å². The molecular weight excluding hydrogens is 178 g/mol. The van der Waals surface area contributed by atoms with Crippen LogP contribution in [0.5, 0.6) is 0 Å². The Hall–Kier alpha value is -0.570. The van der Waals surface area contributed by atoms with Crippen molar-refractivity contribution in [3.8, 4) is 0 Å². The zero-order valence-corrected chi connectivity index (χ0v) is 9.60. The van der Waals surface area contributed by atoms with E-state index in [1.54, 1.807) is 0 Å². The maximum Gasteiger partial charge on any atom is 0.225 e. The van der Waals surface area contributed by atoms with E-state index in [9.17, 15) is 4.79 Å². The van der Waals surface area contributed by atoms with Gasteiger partial charge in [0.25, 0.3) is 0 Å². The molecule has 0 unspecified atom stereocenters. The van der Waals surface area contributed by atoms with E-state index in [2.05, 4.69) is 12.2 Å². The normalized spacial score (nSPS) is 11.4.